The van der Waals surface area contributed by atoms with Gasteiger partial charge in [-0.2, -0.15) is 4.39 Å². The number of benzene rings is 2. The number of nitrogens with zero attached hydrogens (tertiary/aromatic N) is 2. The van der Waals surface area contributed by atoms with Gasteiger partial charge in [-0.25, -0.2) is 0 Å². The predicted octanol–water partition coefficient (Wildman–Crippen LogP) is 3.70. The fourth-order valence-electron chi connectivity index (χ4n) is 2.52. The molecule has 0 bridgehead atoms. The van der Waals surface area contributed by atoms with Gasteiger partial charge in [-0.05, 0) is 42.3 Å². The maximum absolute atomic E-state index is 13.4. The second-order valence-electron chi connectivity index (χ2n) is 4.90. The summed E-state index contributed by atoms with van der Waals surface area (Å²) < 4.78 is 14.3. The highest BCUT2D eigenvalue weighted by Crippen LogP contribution is 2.32. The molecule has 1 heterocycles. The molecular formula is C15H10BrFN2O3. The van der Waals surface area contributed by atoms with Crippen molar-refractivity contribution in [1.29, 1.82) is 0 Å². The molecule has 3 rings (SSSR count). The molecule has 0 saturated carbocycles. The van der Waals surface area contributed by atoms with Gasteiger partial charge in [0.2, 0.25) is 5.82 Å². The molecule has 22 heavy (non-hydrogen) atoms. The van der Waals surface area contributed by atoms with Gasteiger partial charge >= 0.3 is 5.69 Å². The van der Waals surface area contributed by atoms with Crippen LogP contribution < -0.4 is 4.90 Å². The summed E-state index contributed by atoms with van der Waals surface area (Å²) in [6.45, 7) is 0.496. The van der Waals surface area contributed by atoms with Crippen molar-refractivity contribution in [3.05, 3.63) is 67.9 Å². The molecule has 1 amide bonds. The van der Waals surface area contributed by atoms with Gasteiger partial charge < -0.3 is 4.90 Å². The van der Waals surface area contributed by atoms with Crippen molar-refractivity contribution >= 4 is 33.2 Å². The van der Waals surface area contributed by atoms with E-state index in [4.69, 9.17) is 0 Å². The molecule has 5 nitrogen and oxygen atoms in total. The zero-order chi connectivity index (χ0) is 15.9. The summed E-state index contributed by atoms with van der Waals surface area (Å²) in [7, 11) is 0. The van der Waals surface area contributed by atoms with Crippen molar-refractivity contribution in [3.63, 3.8) is 0 Å². The van der Waals surface area contributed by atoms with Crippen molar-refractivity contribution in [1.82, 2.24) is 0 Å². The molecule has 0 N–H and O–H groups in total. The van der Waals surface area contributed by atoms with Gasteiger partial charge in [-0.3, -0.25) is 14.9 Å². The lowest BCUT2D eigenvalue weighted by molar-refractivity contribution is -0.387. The van der Waals surface area contributed by atoms with Gasteiger partial charge in [0.05, 0.1) is 4.92 Å². The molecule has 0 atom stereocenters. The van der Waals surface area contributed by atoms with E-state index in [0.29, 0.717) is 13.0 Å². The van der Waals surface area contributed by atoms with Crippen LogP contribution in [-0.2, 0) is 6.42 Å². The average Bonchev–Trinajstić information content (AvgIpc) is 2.89. The van der Waals surface area contributed by atoms with E-state index in [1.807, 2.05) is 18.2 Å². The minimum Gasteiger partial charge on any atom is -0.308 e. The summed E-state index contributed by atoms with van der Waals surface area (Å²) >= 11 is 3.38. The van der Waals surface area contributed by atoms with Gasteiger partial charge in [0.15, 0.2) is 0 Å². The maximum Gasteiger partial charge on any atom is 0.305 e. The summed E-state index contributed by atoms with van der Waals surface area (Å²) in [6.07, 6.45) is 0.712. The highest BCUT2D eigenvalue weighted by molar-refractivity contribution is 9.10. The molecule has 0 fully saturated rings. The quantitative estimate of drug-likeness (QED) is 0.602. The molecule has 1 aliphatic heterocycles. The third-order valence-electron chi connectivity index (χ3n) is 3.57. The molecule has 7 heteroatoms. The highest BCUT2D eigenvalue weighted by atomic mass is 79.9. The highest BCUT2D eigenvalue weighted by Gasteiger charge is 2.27. The molecule has 0 radical (unpaired) electrons. The first-order valence-corrected chi connectivity index (χ1v) is 7.31. The van der Waals surface area contributed by atoms with Gasteiger partial charge in [0.1, 0.15) is 0 Å². The Balaban J connectivity index is 1.97. The molecule has 112 valence electrons. The fourth-order valence-corrected chi connectivity index (χ4v) is 2.93. The van der Waals surface area contributed by atoms with E-state index < -0.39 is 16.4 Å². The Labute approximate surface area is 133 Å². The van der Waals surface area contributed by atoms with Gasteiger partial charge in [0.25, 0.3) is 5.91 Å². The lowest BCUT2D eigenvalue weighted by Gasteiger charge is -2.17. The summed E-state index contributed by atoms with van der Waals surface area (Å²) in [5, 5.41) is 10.8. The molecule has 1 aliphatic rings. The number of halogens is 2. The molecular weight excluding hydrogens is 355 g/mol. The number of nitro groups is 1. The Bertz CT molecular complexity index is 794. The smallest absolute Gasteiger partial charge is 0.305 e. The van der Waals surface area contributed by atoms with Gasteiger partial charge in [-0.15, -0.1) is 0 Å². The van der Waals surface area contributed by atoms with Crippen molar-refractivity contribution in [2.45, 2.75) is 6.42 Å². The number of carbonyl (C=O) groups is 1. The number of anilines is 1. The van der Waals surface area contributed by atoms with E-state index in [2.05, 4.69) is 15.9 Å². The Morgan fingerprint density at radius 3 is 2.77 bits per heavy atom. The minimum atomic E-state index is -0.952. The van der Waals surface area contributed by atoms with E-state index in [1.165, 1.54) is 6.07 Å². The first kappa shape index (κ1) is 14.6. The number of hydrogen-bond donors (Lipinski definition) is 0. The number of fused-ring (bicyclic) bond motifs is 1. The van der Waals surface area contributed by atoms with E-state index in [9.17, 15) is 19.3 Å². The van der Waals surface area contributed by atoms with E-state index in [-0.39, 0.29) is 11.5 Å². The van der Waals surface area contributed by atoms with Crippen LogP contribution in [0.2, 0.25) is 0 Å². The second-order valence-corrected chi connectivity index (χ2v) is 5.82. The molecule has 2 aromatic rings. The van der Waals surface area contributed by atoms with Crippen LogP contribution >= 0.6 is 15.9 Å². The predicted molar refractivity (Wildman–Crippen MR) is 82.6 cm³/mol. The van der Waals surface area contributed by atoms with Crippen LogP contribution in [0.5, 0.6) is 0 Å². The SMILES string of the molecule is O=C(c1ccc(F)c([N+](=O)[O-])c1)N1CCc2cc(Br)ccc21. The van der Waals surface area contributed by atoms with Crippen LogP contribution in [-0.4, -0.2) is 17.4 Å². The Hall–Kier alpha value is -2.28. The number of nitro benzene ring substituents is 1. The Morgan fingerprint density at radius 1 is 1.27 bits per heavy atom. The van der Waals surface area contributed by atoms with Crippen LogP contribution in [0.3, 0.4) is 0 Å². The van der Waals surface area contributed by atoms with Crippen LogP contribution in [0.25, 0.3) is 0 Å². The molecule has 0 unspecified atom stereocenters. The third-order valence-corrected chi connectivity index (χ3v) is 4.07. The normalized spacial score (nSPS) is 13.1. The van der Waals surface area contributed by atoms with Gasteiger partial charge in [-0.1, -0.05) is 15.9 Å². The van der Waals surface area contributed by atoms with E-state index >= 15 is 0 Å². The van der Waals surface area contributed by atoms with Crippen molar-refractivity contribution in [2.24, 2.45) is 0 Å². The molecule has 0 aromatic heterocycles. The van der Waals surface area contributed by atoms with E-state index in [0.717, 1.165) is 27.9 Å². The zero-order valence-electron chi connectivity index (χ0n) is 11.3. The Morgan fingerprint density at radius 2 is 2.05 bits per heavy atom. The Kier molecular flexibility index (Phi) is 3.66. The number of amides is 1. The average molecular weight is 365 g/mol. The largest absolute Gasteiger partial charge is 0.308 e. The van der Waals surface area contributed by atoms with Gasteiger partial charge in [0, 0.05) is 28.3 Å². The number of carbonyl (C=O) groups excluding carboxylic acids is 1. The van der Waals surface area contributed by atoms with Crippen LogP contribution in [0.4, 0.5) is 15.8 Å². The monoisotopic (exact) mass is 364 g/mol. The topological polar surface area (TPSA) is 63.4 Å². The molecule has 2 aromatic carbocycles. The first-order valence-electron chi connectivity index (χ1n) is 6.51. The molecule has 0 saturated heterocycles. The second kappa shape index (κ2) is 5.49. The third kappa shape index (κ3) is 2.48. The number of hydrogen-bond acceptors (Lipinski definition) is 3. The lowest BCUT2D eigenvalue weighted by atomic mass is 10.1. The lowest BCUT2D eigenvalue weighted by Crippen LogP contribution is -2.28. The fraction of sp³-hybridized carbons (Fsp3) is 0.133. The first-order chi connectivity index (χ1) is 10.5. The van der Waals surface area contributed by atoms with Crippen LogP contribution in [0.1, 0.15) is 15.9 Å². The summed E-state index contributed by atoms with van der Waals surface area (Å²) in [6, 6.07) is 8.79. The molecule has 0 aliphatic carbocycles. The summed E-state index contributed by atoms with van der Waals surface area (Å²) in [4.78, 5) is 24.1. The van der Waals surface area contributed by atoms with Crippen molar-refractivity contribution in [3.8, 4) is 0 Å². The minimum absolute atomic E-state index is 0.101. The van der Waals surface area contributed by atoms with Crippen LogP contribution in [0, 0.1) is 15.9 Å². The van der Waals surface area contributed by atoms with Crippen LogP contribution in [0.15, 0.2) is 40.9 Å². The van der Waals surface area contributed by atoms with E-state index in [1.54, 1.807) is 4.90 Å². The summed E-state index contributed by atoms with van der Waals surface area (Å²) in [5.41, 5.74) is 1.21. The standard InChI is InChI=1S/C15H10BrFN2O3/c16-11-2-4-13-9(7-11)5-6-18(13)15(20)10-1-3-12(17)14(8-10)19(21)22/h1-4,7-8H,5-6H2. The number of rotatable bonds is 2. The maximum atomic E-state index is 13.4. The zero-order valence-corrected chi connectivity index (χ0v) is 12.8. The molecule has 0 spiro atoms. The van der Waals surface area contributed by atoms with Crippen molar-refractivity contribution in [2.75, 3.05) is 11.4 Å². The van der Waals surface area contributed by atoms with Crippen molar-refractivity contribution < 1.29 is 14.1 Å². The summed E-state index contributed by atoms with van der Waals surface area (Å²) in [5.74, 6) is -1.32.